The van der Waals surface area contributed by atoms with E-state index in [0.717, 1.165) is 0 Å². The van der Waals surface area contributed by atoms with Crippen molar-refractivity contribution in [3.63, 3.8) is 0 Å². The second-order valence-corrected chi connectivity index (χ2v) is 2.77. The minimum absolute atomic E-state index is 0.211. The van der Waals surface area contributed by atoms with Crippen LogP contribution in [-0.2, 0) is 6.42 Å². The summed E-state index contributed by atoms with van der Waals surface area (Å²) >= 11 is 0. The van der Waals surface area contributed by atoms with Crippen molar-refractivity contribution >= 4 is 0 Å². The van der Waals surface area contributed by atoms with Gasteiger partial charge in [0.1, 0.15) is 5.75 Å². The lowest BCUT2D eigenvalue weighted by atomic mass is 10.1. The lowest BCUT2D eigenvalue weighted by Gasteiger charge is -2.02. The molecule has 76 valence electrons. The number of alkyl halides is 1. The summed E-state index contributed by atoms with van der Waals surface area (Å²) in [6, 6.07) is 6.49. The van der Waals surface area contributed by atoms with Crippen molar-refractivity contribution in [1.82, 2.24) is 0 Å². The van der Waals surface area contributed by atoms with Crippen molar-refractivity contribution in [2.75, 3.05) is 7.11 Å². The lowest BCUT2D eigenvalue weighted by Crippen LogP contribution is -2.15. The molecular weight excluding hydrogens is 189 g/mol. The number of nitrogens with zero attached hydrogens (tertiary/aromatic N) is 1. The Morgan fingerprint density at radius 2 is 2.07 bits per heavy atom. The average molecular weight is 199 g/mol. The molecule has 0 N–H and O–H groups in total. The van der Waals surface area contributed by atoms with Gasteiger partial charge >= 0.3 is 6.30 Å². The molecule has 0 radical (unpaired) electrons. The maximum atomic E-state index is 12.7. The van der Waals surface area contributed by atoms with E-state index >= 15 is 0 Å². The van der Waals surface area contributed by atoms with E-state index in [0.29, 0.717) is 11.3 Å². The fraction of sp³-hybridized carbons (Fsp3) is 0.333. The van der Waals surface area contributed by atoms with Gasteiger partial charge in [-0.15, -0.1) is 0 Å². The molecule has 1 rings (SSSR count). The zero-order valence-corrected chi connectivity index (χ0v) is 7.64. The first kappa shape index (κ1) is 10.4. The minimum atomic E-state index is -2.04. The van der Waals surface area contributed by atoms with E-state index in [4.69, 9.17) is 4.74 Å². The third kappa shape index (κ3) is 2.69. The maximum Gasteiger partial charge on any atom is 0.353 e. The number of hydrogen-bond donors (Lipinski definition) is 0. The quantitative estimate of drug-likeness (QED) is 0.422. The highest BCUT2D eigenvalue weighted by Crippen LogP contribution is 2.13. The molecule has 14 heavy (non-hydrogen) atoms. The summed E-state index contributed by atoms with van der Waals surface area (Å²) in [4.78, 5) is 9.09. The van der Waals surface area contributed by atoms with Gasteiger partial charge in [-0.25, -0.2) is 0 Å². The van der Waals surface area contributed by atoms with E-state index < -0.39 is 11.2 Å². The van der Waals surface area contributed by atoms with Gasteiger partial charge in [-0.1, -0.05) is 12.1 Å². The molecule has 0 amide bonds. The highest BCUT2D eigenvalue weighted by atomic mass is 19.1. The number of methoxy groups -OCH3 is 1. The first-order valence-electron chi connectivity index (χ1n) is 4.04. The Labute approximate surface area is 80.5 Å². The Morgan fingerprint density at radius 1 is 1.50 bits per heavy atom. The van der Waals surface area contributed by atoms with Crippen LogP contribution in [0.5, 0.6) is 5.75 Å². The summed E-state index contributed by atoms with van der Waals surface area (Å²) in [6.45, 7) is 0. The number of hydrogen-bond acceptors (Lipinski definition) is 3. The summed E-state index contributed by atoms with van der Waals surface area (Å²) in [6.07, 6.45) is -2.25. The zero-order valence-electron chi connectivity index (χ0n) is 7.64. The Balaban J connectivity index is 2.64. The first-order valence-corrected chi connectivity index (χ1v) is 4.04. The van der Waals surface area contributed by atoms with Crippen LogP contribution in [0.3, 0.4) is 0 Å². The van der Waals surface area contributed by atoms with E-state index in [1.165, 1.54) is 7.11 Å². The zero-order chi connectivity index (χ0) is 10.6. The Kier molecular flexibility index (Phi) is 3.39. The molecule has 0 bridgehead atoms. The maximum absolute atomic E-state index is 12.7. The van der Waals surface area contributed by atoms with Crippen LogP contribution in [0.4, 0.5) is 4.39 Å². The molecule has 0 aliphatic carbocycles. The highest BCUT2D eigenvalue weighted by molar-refractivity contribution is 5.27. The van der Waals surface area contributed by atoms with E-state index in [2.05, 4.69) is 0 Å². The van der Waals surface area contributed by atoms with E-state index in [9.17, 15) is 14.5 Å². The normalized spacial score (nSPS) is 12.1. The molecule has 5 heteroatoms. The highest BCUT2D eigenvalue weighted by Gasteiger charge is 2.17. The molecule has 0 unspecified atom stereocenters. The van der Waals surface area contributed by atoms with Gasteiger partial charge in [0.05, 0.1) is 18.5 Å². The van der Waals surface area contributed by atoms with Crippen molar-refractivity contribution in [1.29, 1.82) is 0 Å². The van der Waals surface area contributed by atoms with Crippen molar-refractivity contribution in [2.24, 2.45) is 0 Å². The van der Waals surface area contributed by atoms with Gasteiger partial charge in [-0.2, -0.15) is 4.39 Å². The fourth-order valence-corrected chi connectivity index (χ4v) is 1.03. The van der Waals surface area contributed by atoms with Crippen LogP contribution in [0.25, 0.3) is 0 Å². The van der Waals surface area contributed by atoms with Crippen LogP contribution in [0.2, 0.25) is 0 Å². The summed E-state index contributed by atoms with van der Waals surface area (Å²) in [5.41, 5.74) is 0.579. The van der Waals surface area contributed by atoms with E-state index in [1.807, 2.05) is 0 Å². The van der Waals surface area contributed by atoms with Crippen LogP contribution >= 0.6 is 0 Å². The number of nitro groups is 1. The Hall–Kier alpha value is -1.65. The molecule has 0 aromatic heterocycles. The van der Waals surface area contributed by atoms with E-state index in [1.54, 1.807) is 24.3 Å². The molecule has 1 atom stereocenters. The standard InChI is InChI=1S/C9H10FNO3/c1-14-8-4-2-7(3-5-8)6-9(10)11(12)13/h2-5,9H,6H2,1H3/t9-/m0/s1. The molecule has 0 aliphatic rings. The van der Waals surface area contributed by atoms with Crippen LogP contribution < -0.4 is 4.74 Å². The summed E-state index contributed by atoms with van der Waals surface area (Å²) in [7, 11) is 1.52. The molecule has 0 heterocycles. The van der Waals surface area contributed by atoms with E-state index in [-0.39, 0.29) is 6.42 Å². The van der Waals surface area contributed by atoms with Crippen LogP contribution in [0, 0.1) is 10.1 Å². The van der Waals surface area contributed by atoms with Crippen molar-refractivity contribution in [2.45, 2.75) is 12.7 Å². The smallest absolute Gasteiger partial charge is 0.353 e. The number of ether oxygens (including phenoxy) is 1. The second kappa shape index (κ2) is 4.55. The Morgan fingerprint density at radius 3 is 2.50 bits per heavy atom. The monoisotopic (exact) mass is 199 g/mol. The molecule has 0 spiro atoms. The molecule has 4 nitrogen and oxygen atoms in total. The molecule has 0 aliphatic heterocycles. The molecule has 1 aromatic rings. The van der Waals surface area contributed by atoms with Crippen molar-refractivity contribution in [3.8, 4) is 5.75 Å². The third-order valence-electron chi connectivity index (χ3n) is 1.79. The molecule has 0 saturated heterocycles. The van der Waals surface area contributed by atoms with Crippen molar-refractivity contribution < 1.29 is 14.1 Å². The SMILES string of the molecule is COc1ccc(C[C@@H](F)[N+](=O)[O-])cc1. The number of rotatable bonds is 4. The van der Waals surface area contributed by atoms with Gasteiger partial charge in [-0.05, 0) is 17.7 Å². The van der Waals surface area contributed by atoms with Gasteiger partial charge < -0.3 is 4.74 Å². The number of benzene rings is 1. The summed E-state index contributed by atoms with van der Waals surface area (Å²) in [5.74, 6) is 0.644. The lowest BCUT2D eigenvalue weighted by molar-refractivity contribution is -0.552. The molecule has 0 saturated carbocycles. The van der Waals surface area contributed by atoms with Gasteiger partial charge in [0.15, 0.2) is 0 Å². The average Bonchev–Trinajstić information content (AvgIpc) is 2.19. The van der Waals surface area contributed by atoms with Gasteiger partial charge in [0.25, 0.3) is 0 Å². The first-order chi connectivity index (χ1) is 6.63. The molecule has 1 aromatic carbocycles. The largest absolute Gasteiger partial charge is 0.497 e. The van der Waals surface area contributed by atoms with Crippen LogP contribution in [0.15, 0.2) is 24.3 Å². The van der Waals surface area contributed by atoms with Gasteiger partial charge in [0, 0.05) is 0 Å². The minimum Gasteiger partial charge on any atom is -0.497 e. The third-order valence-corrected chi connectivity index (χ3v) is 1.79. The van der Waals surface area contributed by atoms with Gasteiger partial charge in [-0.3, -0.25) is 10.1 Å². The van der Waals surface area contributed by atoms with Crippen LogP contribution in [-0.4, -0.2) is 18.3 Å². The van der Waals surface area contributed by atoms with Crippen molar-refractivity contribution in [3.05, 3.63) is 39.9 Å². The predicted octanol–water partition coefficient (Wildman–Crippen LogP) is 1.81. The second-order valence-electron chi connectivity index (χ2n) is 2.77. The van der Waals surface area contributed by atoms with Gasteiger partial charge in [0.2, 0.25) is 0 Å². The Bertz CT molecular complexity index is 312. The molecule has 0 fully saturated rings. The van der Waals surface area contributed by atoms with Crippen LogP contribution in [0.1, 0.15) is 5.56 Å². The predicted molar refractivity (Wildman–Crippen MR) is 48.6 cm³/mol. The molecular formula is C9H10FNO3. The summed E-state index contributed by atoms with van der Waals surface area (Å²) < 4.78 is 17.6. The topological polar surface area (TPSA) is 52.4 Å². The number of halogens is 1. The fourth-order valence-electron chi connectivity index (χ4n) is 1.03. The summed E-state index contributed by atoms with van der Waals surface area (Å²) in [5, 5.41) is 10.0.